The van der Waals surface area contributed by atoms with Gasteiger partial charge in [0.1, 0.15) is 17.4 Å². The summed E-state index contributed by atoms with van der Waals surface area (Å²) >= 11 is 0. The number of rotatable bonds is 6. The molecule has 1 saturated heterocycles. The van der Waals surface area contributed by atoms with Gasteiger partial charge >= 0.3 is 0 Å². The molecule has 0 atom stereocenters. The number of hydrogen-bond acceptors (Lipinski definition) is 6. The topological polar surface area (TPSA) is 106 Å². The summed E-state index contributed by atoms with van der Waals surface area (Å²) in [7, 11) is 0. The second-order valence-electron chi connectivity index (χ2n) is 8.52. The lowest BCUT2D eigenvalue weighted by molar-refractivity contribution is 0.0711. The summed E-state index contributed by atoms with van der Waals surface area (Å²) < 4.78 is 20.2. The predicted octanol–water partition coefficient (Wildman–Crippen LogP) is 3.12. The second-order valence-corrected chi connectivity index (χ2v) is 8.52. The minimum atomic E-state index is -0.344. The molecular weight excluding hydrogens is 451 g/mol. The van der Waals surface area contributed by atoms with Crippen molar-refractivity contribution in [3.63, 3.8) is 0 Å². The van der Waals surface area contributed by atoms with Crippen LogP contribution >= 0.6 is 0 Å². The number of nitrogens with one attached hydrogen (secondary N) is 1. The highest BCUT2D eigenvalue weighted by Gasteiger charge is 2.27. The highest BCUT2D eigenvalue weighted by atomic mass is 19.1. The zero-order chi connectivity index (χ0) is 24.4. The summed E-state index contributed by atoms with van der Waals surface area (Å²) in [5.41, 5.74) is 1.65. The lowest BCUT2D eigenvalue weighted by Crippen LogP contribution is -2.38. The Morgan fingerprint density at radius 3 is 2.51 bits per heavy atom. The van der Waals surface area contributed by atoms with Crippen LogP contribution in [0.5, 0.6) is 5.75 Å². The van der Waals surface area contributed by atoms with Gasteiger partial charge in [0, 0.05) is 24.6 Å². The molecule has 1 amide bonds. The van der Waals surface area contributed by atoms with Gasteiger partial charge in [-0.1, -0.05) is 17.3 Å². The van der Waals surface area contributed by atoms with Crippen molar-refractivity contribution in [3.8, 4) is 5.75 Å². The predicted molar refractivity (Wildman–Crippen MR) is 127 cm³/mol. The van der Waals surface area contributed by atoms with Gasteiger partial charge in [-0.05, 0) is 61.7 Å². The van der Waals surface area contributed by atoms with Crippen LogP contribution in [0.15, 0.2) is 53.3 Å². The quantitative estimate of drug-likeness (QED) is 0.458. The molecule has 1 aliphatic rings. The van der Waals surface area contributed by atoms with E-state index < -0.39 is 0 Å². The van der Waals surface area contributed by atoms with E-state index >= 15 is 0 Å². The summed E-state index contributed by atoms with van der Waals surface area (Å²) in [6, 6.07) is 13.2. The van der Waals surface area contributed by atoms with E-state index in [1.807, 2.05) is 11.8 Å². The van der Waals surface area contributed by atoms with Crippen molar-refractivity contribution >= 4 is 17.1 Å². The van der Waals surface area contributed by atoms with Crippen molar-refractivity contribution in [1.29, 1.82) is 0 Å². The molecule has 2 aromatic heterocycles. The standard InChI is InChI=1S/C25H25FN6O3/c1-2-35-20-9-5-18(6-10-20)25(34)31-13-11-17(12-14-31)22-27-23-21(24(33)28-22)29-30-32(23)15-16-3-7-19(26)8-4-16/h3-10,17H,2,11-15H2,1H3,(H,27,28,33). The summed E-state index contributed by atoms with van der Waals surface area (Å²) in [5.74, 6) is 0.969. The number of nitrogens with zero attached hydrogens (tertiary/aromatic N) is 5. The Labute approximate surface area is 200 Å². The minimum absolute atomic E-state index is 0.00523. The molecule has 0 bridgehead atoms. The molecule has 1 N–H and O–H groups in total. The first-order valence-corrected chi connectivity index (χ1v) is 11.6. The van der Waals surface area contributed by atoms with E-state index in [0.717, 1.165) is 11.3 Å². The third kappa shape index (κ3) is 4.77. The van der Waals surface area contributed by atoms with E-state index in [0.29, 0.717) is 56.1 Å². The van der Waals surface area contributed by atoms with Gasteiger partial charge in [-0.3, -0.25) is 9.59 Å². The third-order valence-corrected chi connectivity index (χ3v) is 6.22. The number of halogens is 1. The van der Waals surface area contributed by atoms with E-state index in [2.05, 4.69) is 20.3 Å². The van der Waals surface area contributed by atoms with Gasteiger partial charge in [-0.25, -0.2) is 14.1 Å². The van der Waals surface area contributed by atoms with Crippen LogP contribution in [0.4, 0.5) is 4.39 Å². The summed E-state index contributed by atoms with van der Waals surface area (Å²) in [4.78, 5) is 34.9. The van der Waals surface area contributed by atoms with E-state index in [1.54, 1.807) is 41.1 Å². The van der Waals surface area contributed by atoms with Crippen LogP contribution < -0.4 is 10.3 Å². The maximum absolute atomic E-state index is 13.2. The fourth-order valence-electron chi connectivity index (χ4n) is 4.34. The van der Waals surface area contributed by atoms with Crippen LogP contribution in [0, 0.1) is 5.82 Å². The molecule has 2 aromatic carbocycles. The molecule has 35 heavy (non-hydrogen) atoms. The number of carbonyl (C=O) groups is 1. The van der Waals surface area contributed by atoms with Crippen molar-refractivity contribution in [1.82, 2.24) is 29.9 Å². The van der Waals surface area contributed by atoms with Crippen LogP contribution in [0.3, 0.4) is 0 Å². The largest absolute Gasteiger partial charge is 0.494 e. The third-order valence-electron chi connectivity index (χ3n) is 6.22. The number of amides is 1. The average molecular weight is 477 g/mol. The monoisotopic (exact) mass is 476 g/mol. The Morgan fingerprint density at radius 2 is 1.83 bits per heavy atom. The summed E-state index contributed by atoms with van der Waals surface area (Å²) in [5, 5.41) is 8.05. The van der Waals surface area contributed by atoms with Crippen molar-refractivity contribution in [2.75, 3.05) is 19.7 Å². The lowest BCUT2D eigenvalue weighted by atomic mass is 9.95. The van der Waals surface area contributed by atoms with E-state index in [4.69, 9.17) is 4.74 Å². The number of benzene rings is 2. The van der Waals surface area contributed by atoms with Crippen LogP contribution in [0.25, 0.3) is 11.2 Å². The molecule has 1 aliphatic heterocycles. The van der Waals surface area contributed by atoms with Crippen molar-refractivity contribution < 1.29 is 13.9 Å². The fourth-order valence-corrected chi connectivity index (χ4v) is 4.34. The maximum atomic E-state index is 13.2. The van der Waals surface area contributed by atoms with Gasteiger partial charge in [0.15, 0.2) is 11.2 Å². The van der Waals surface area contributed by atoms with Gasteiger partial charge in [0.25, 0.3) is 11.5 Å². The first kappa shape index (κ1) is 22.7. The van der Waals surface area contributed by atoms with Gasteiger partial charge in [0.05, 0.1) is 13.2 Å². The van der Waals surface area contributed by atoms with Gasteiger partial charge in [-0.15, -0.1) is 5.10 Å². The van der Waals surface area contributed by atoms with E-state index in [-0.39, 0.29) is 28.7 Å². The number of piperidine rings is 1. The smallest absolute Gasteiger partial charge is 0.281 e. The molecule has 180 valence electrons. The van der Waals surface area contributed by atoms with Gasteiger partial charge in [0.2, 0.25) is 0 Å². The maximum Gasteiger partial charge on any atom is 0.281 e. The van der Waals surface area contributed by atoms with Crippen LogP contribution in [0.2, 0.25) is 0 Å². The molecule has 0 unspecified atom stereocenters. The van der Waals surface area contributed by atoms with Crippen molar-refractivity contribution in [2.24, 2.45) is 0 Å². The zero-order valence-electron chi connectivity index (χ0n) is 19.3. The Kier molecular flexibility index (Phi) is 6.26. The summed E-state index contributed by atoms with van der Waals surface area (Å²) in [6.45, 7) is 3.93. The average Bonchev–Trinajstić information content (AvgIpc) is 3.29. The molecular formula is C25H25FN6O3. The molecule has 0 aliphatic carbocycles. The Hall–Kier alpha value is -4.08. The van der Waals surface area contributed by atoms with Crippen LogP contribution in [-0.4, -0.2) is 55.5 Å². The van der Waals surface area contributed by atoms with Crippen molar-refractivity contribution in [2.45, 2.75) is 32.2 Å². The number of fused-ring (bicyclic) bond motifs is 1. The number of likely N-dealkylation sites (tertiary alicyclic amines) is 1. The van der Waals surface area contributed by atoms with E-state index in [1.165, 1.54) is 12.1 Å². The number of H-pyrrole nitrogens is 1. The molecule has 9 nitrogen and oxygen atoms in total. The molecule has 1 fully saturated rings. The Balaban J connectivity index is 1.30. The molecule has 10 heteroatoms. The van der Waals surface area contributed by atoms with Crippen LogP contribution in [0.1, 0.15) is 47.4 Å². The molecule has 0 radical (unpaired) electrons. The van der Waals surface area contributed by atoms with Crippen molar-refractivity contribution in [3.05, 3.63) is 81.7 Å². The normalized spacial score (nSPS) is 14.4. The highest BCUT2D eigenvalue weighted by Crippen LogP contribution is 2.27. The Morgan fingerprint density at radius 1 is 1.11 bits per heavy atom. The number of aromatic nitrogens is 5. The number of carbonyl (C=O) groups excluding carboxylic acids is 1. The summed E-state index contributed by atoms with van der Waals surface area (Å²) in [6.07, 6.45) is 1.35. The van der Waals surface area contributed by atoms with Crippen LogP contribution in [-0.2, 0) is 6.54 Å². The SMILES string of the molecule is CCOc1ccc(C(=O)N2CCC(c3nc4c(nnn4Cc4ccc(F)cc4)c(=O)[nH]3)CC2)cc1. The molecule has 3 heterocycles. The number of ether oxygens (including phenoxy) is 1. The van der Waals surface area contributed by atoms with Gasteiger partial charge in [-0.2, -0.15) is 0 Å². The molecule has 4 aromatic rings. The number of aromatic amines is 1. The highest BCUT2D eigenvalue weighted by molar-refractivity contribution is 5.94. The second kappa shape index (κ2) is 9.65. The van der Waals surface area contributed by atoms with Gasteiger partial charge < -0.3 is 14.6 Å². The Bertz CT molecular complexity index is 1390. The lowest BCUT2D eigenvalue weighted by Gasteiger charge is -2.31. The first-order valence-electron chi connectivity index (χ1n) is 11.6. The first-order chi connectivity index (χ1) is 17.0. The minimum Gasteiger partial charge on any atom is -0.494 e. The molecule has 5 rings (SSSR count). The fraction of sp³-hybridized carbons (Fsp3) is 0.320. The molecule has 0 saturated carbocycles. The van der Waals surface area contributed by atoms with E-state index in [9.17, 15) is 14.0 Å². The molecule has 0 spiro atoms. The number of hydrogen-bond donors (Lipinski definition) is 1. The zero-order valence-corrected chi connectivity index (χ0v) is 19.3.